The molecule has 3 N–H and O–H groups in total. The van der Waals surface area contributed by atoms with E-state index in [0.717, 1.165) is 0 Å². The van der Waals surface area contributed by atoms with Crippen LogP contribution in [0, 0.1) is 12.8 Å². The number of rotatable bonds is 6. The van der Waals surface area contributed by atoms with Crippen molar-refractivity contribution >= 4 is 5.97 Å². The predicted molar refractivity (Wildman–Crippen MR) is 76.2 cm³/mol. The normalized spacial score (nSPS) is 13.9. The van der Waals surface area contributed by atoms with Crippen molar-refractivity contribution in [1.82, 2.24) is 0 Å². The minimum absolute atomic E-state index is 0.0454. The van der Waals surface area contributed by atoms with Crippen molar-refractivity contribution < 1.29 is 29.6 Å². The number of aryl methyl sites for hydroxylation is 1. The number of phenols is 1. The lowest BCUT2D eigenvalue weighted by Gasteiger charge is -2.27. The second-order valence-electron chi connectivity index (χ2n) is 5.29. The van der Waals surface area contributed by atoms with Gasteiger partial charge in [0.15, 0.2) is 5.60 Å². The van der Waals surface area contributed by atoms with Crippen LogP contribution in [0.3, 0.4) is 0 Å². The molecule has 0 heterocycles. The van der Waals surface area contributed by atoms with E-state index in [1.807, 2.05) is 0 Å². The lowest BCUT2D eigenvalue weighted by atomic mass is 9.93. The zero-order valence-electron chi connectivity index (χ0n) is 12.7. The fourth-order valence-electron chi connectivity index (χ4n) is 1.83. The summed E-state index contributed by atoms with van der Waals surface area (Å²) < 4.78 is 10.1. The van der Waals surface area contributed by atoms with E-state index in [1.165, 1.54) is 19.2 Å². The Morgan fingerprint density at radius 2 is 2.00 bits per heavy atom. The topological polar surface area (TPSA) is 96.2 Å². The van der Waals surface area contributed by atoms with Gasteiger partial charge in [0.25, 0.3) is 0 Å². The Hall–Kier alpha value is -1.79. The van der Waals surface area contributed by atoms with Gasteiger partial charge in [0.1, 0.15) is 18.1 Å². The Kier molecular flexibility index (Phi) is 5.57. The molecule has 1 atom stereocenters. The Morgan fingerprint density at radius 3 is 2.48 bits per heavy atom. The number of carbonyl (C=O) groups is 1. The van der Waals surface area contributed by atoms with Crippen molar-refractivity contribution in [3.63, 3.8) is 0 Å². The van der Waals surface area contributed by atoms with Gasteiger partial charge in [-0.05, 0) is 24.6 Å². The number of methoxy groups -OCH3 is 1. The predicted octanol–water partition coefficient (Wildman–Crippen LogP) is 1.09. The monoisotopic (exact) mass is 298 g/mol. The molecule has 1 aromatic carbocycles. The Morgan fingerprint density at radius 1 is 1.38 bits per heavy atom. The minimum Gasteiger partial charge on any atom is -0.508 e. The molecule has 0 amide bonds. The van der Waals surface area contributed by atoms with Crippen LogP contribution in [-0.4, -0.2) is 41.6 Å². The molecule has 0 saturated heterocycles. The molecule has 118 valence electrons. The molecule has 0 fully saturated rings. The van der Waals surface area contributed by atoms with Crippen molar-refractivity contribution in [3.8, 4) is 11.5 Å². The molecule has 1 rings (SSSR count). The van der Waals surface area contributed by atoms with E-state index in [4.69, 9.17) is 9.47 Å². The number of phenolic OH excluding ortho intramolecular Hbond substituents is 1. The molecule has 0 aliphatic heterocycles. The largest absolute Gasteiger partial charge is 0.508 e. The van der Waals surface area contributed by atoms with E-state index >= 15 is 0 Å². The third kappa shape index (κ3) is 3.86. The van der Waals surface area contributed by atoms with E-state index < -0.39 is 24.8 Å². The van der Waals surface area contributed by atoms with Gasteiger partial charge in [0.05, 0.1) is 19.6 Å². The summed E-state index contributed by atoms with van der Waals surface area (Å²) in [5, 5.41) is 29.9. The highest BCUT2D eigenvalue weighted by Gasteiger charge is 2.34. The smallest absolute Gasteiger partial charge is 0.308 e. The highest BCUT2D eigenvalue weighted by atomic mass is 16.5. The van der Waals surface area contributed by atoms with Gasteiger partial charge in [-0.1, -0.05) is 13.8 Å². The molecular formula is C15H22O6. The van der Waals surface area contributed by atoms with Gasteiger partial charge in [-0.25, -0.2) is 0 Å². The van der Waals surface area contributed by atoms with E-state index in [0.29, 0.717) is 11.3 Å². The number of aliphatic hydroxyl groups excluding tert-OH is 1. The number of benzene rings is 1. The number of hydrogen-bond acceptors (Lipinski definition) is 6. The Bertz CT molecular complexity index is 511. The quantitative estimate of drug-likeness (QED) is 0.680. The maximum atomic E-state index is 11.5. The van der Waals surface area contributed by atoms with Crippen molar-refractivity contribution in [1.29, 1.82) is 0 Å². The van der Waals surface area contributed by atoms with Gasteiger partial charge >= 0.3 is 5.97 Å². The lowest BCUT2D eigenvalue weighted by molar-refractivity contribution is -0.158. The lowest BCUT2D eigenvalue weighted by Crippen LogP contribution is -2.37. The van der Waals surface area contributed by atoms with Gasteiger partial charge in [0.2, 0.25) is 0 Å². The summed E-state index contributed by atoms with van der Waals surface area (Å²) in [7, 11) is 1.46. The summed E-state index contributed by atoms with van der Waals surface area (Å²) in [5.41, 5.74) is -1.17. The molecular weight excluding hydrogens is 276 g/mol. The van der Waals surface area contributed by atoms with Crippen molar-refractivity contribution in [2.75, 3.05) is 20.3 Å². The third-order valence-electron chi connectivity index (χ3n) is 3.20. The maximum Gasteiger partial charge on any atom is 0.308 e. The summed E-state index contributed by atoms with van der Waals surface area (Å²) in [6.07, 6.45) is 0. The zero-order valence-corrected chi connectivity index (χ0v) is 12.7. The SMILES string of the molecule is COc1cc([C@@](O)(CO)COC(=O)C(C)C)c(O)cc1C. The number of carbonyl (C=O) groups excluding carboxylic acids is 1. The maximum absolute atomic E-state index is 11.5. The molecule has 0 radical (unpaired) electrons. The molecule has 6 nitrogen and oxygen atoms in total. The second-order valence-corrected chi connectivity index (χ2v) is 5.29. The van der Waals surface area contributed by atoms with Crippen molar-refractivity contribution in [2.45, 2.75) is 26.4 Å². The summed E-state index contributed by atoms with van der Waals surface area (Å²) in [6.45, 7) is 3.89. The van der Waals surface area contributed by atoms with Crippen LogP contribution >= 0.6 is 0 Å². The molecule has 6 heteroatoms. The number of hydrogen-bond donors (Lipinski definition) is 3. The third-order valence-corrected chi connectivity index (χ3v) is 3.20. The first-order chi connectivity index (χ1) is 9.75. The van der Waals surface area contributed by atoms with Crippen LogP contribution in [0.15, 0.2) is 12.1 Å². The molecule has 0 unspecified atom stereocenters. The van der Waals surface area contributed by atoms with Crippen LogP contribution < -0.4 is 4.74 Å². The average molecular weight is 298 g/mol. The Labute approximate surface area is 123 Å². The average Bonchev–Trinajstić information content (AvgIpc) is 2.44. The molecule has 1 aromatic rings. The minimum atomic E-state index is -1.89. The second kappa shape index (κ2) is 6.78. The van der Waals surface area contributed by atoms with Crippen LogP contribution in [-0.2, 0) is 15.1 Å². The number of ether oxygens (including phenoxy) is 2. The standard InChI is InChI=1S/C15H22O6/c1-9(2)14(18)21-8-15(19,7-16)11-6-13(20-4)10(3)5-12(11)17/h5-6,9,16-17,19H,7-8H2,1-4H3/t15-/m1/s1. The number of aromatic hydroxyl groups is 1. The first-order valence-electron chi connectivity index (χ1n) is 6.63. The van der Waals surface area contributed by atoms with Crippen molar-refractivity contribution in [3.05, 3.63) is 23.3 Å². The summed E-state index contributed by atoms with van der Waals surface area (Å²) >= 11 is 0. The van der Waals surface area contributed by atoms with Gasteiger partial charge in [-0.15, -0.1) is 0 Å². The molecule has 0 spiro atoms. The molecule has 0 aliphatic carbocycles. The van der Waals surface area contributed by atoms with Gasteiger partial charge in [0, 0.05) is 5.56 Å². The van der Waals surface area contributed by atoms with E-state index in [1.54, 1.807) is 20.8 Å². The molecule has 21 heavy (non-hydrogen) atoms. The number of esters is 1. The fraction of sp³-hybridized carbons (Fsp3) is 0.533. The van der Waals surface area contributed by atoms with Gasteiger partial charge in [-0.3, -0.25) is 4.79 Å². The summed E-state index contributed by atoms with van der Waals surface area (Å²) in [5.74, 6) is -0.607. The van der Waals surface area contributed by atoms with Crippen LogP contribution in [0.2, 0.25) is 0 Å². The molecule has 0 aromatic heterocycles. The van der Waals surface area contributed by atoms with E-state index in [9.17, 15) is 20.1 Å². The molecule has 0 bridgehead atoms. The molecule has 0 saturated carbocycles. The zero-order chi connectivity index (χ0) is 16.2. The highest BCUT2D eigenvalue weighted by molar-refractivity contribution is 5.71. The highest BCUT2D eigenvalue weighted by Crippen LogP contribution is 2.35. The van der Waals surface area contributed by atoms with Gasteiger partial charge in [-0.2, -0.15) is 0 Å². The van der Waals surface area contributed by atoms with E-state index in [-0.39, 0.29) is 17.2 Å². The fourth-order valence-corrected chi connectivity index (χ4v) is 1.83. The first-order valence-corrected chi connectivity index (χ1v) is 6.63. The molecule has 0 aliphatic rings. The summed E-state index contributed by atoms with van der Waals surface area (Å²) in [4.78, 5) is 11.5. The van der Waals surface area contributed by atoms with Crippen LogP contribution in [0.5, 0.6) is 11.5 Å². The van der Waals surface area contributed by atoms with Crippen LogP contribution in [0.1, 0.15) is 25.0 Å². The van der Waals surface area contributed by atoms with Gasteiger partial charge < -0.3 is 24.8 Å². The van der Waals surface area contributed by atoms with E-state index in [2.05, 4.69) is 0 Å². The number of aliphatic hydroxyl groups is 2. The summed E-state index contributed by atoms with van der Waals surface area (Å²) in [6, 6.07) is 2.84. The Balaban J connectivity index is 3.10. The van der Waals surface area contributed by atoms with Crippen molar-refractivity contribution in [2.24, 2.45) is 5.92 Å². The first kappa shape index (κ1) is 17.3. The van der Waals surface area contributed by atoms with Crippen LogP contribution in [0.4, 0.5) is 0 Å². The van der Waals surface area contributed by atoms with Crippen LogP contribution in [0.25, 0.3) is 0 Å².